The van der Waals surface area contributed by atoms with E-state index in [-0.39, 0.29) is 0 Å². The first kappa shape index (κ1) is 10.4. The molecule has 3 heteroatoms. The standard InChI is InChI=1S/C10H12BrO2/c1-12-9-4-3-8(5-6-11)10(7-9)13-2/h3-5,7H,6H2,1-2H3. The summed E-state index contributed by atoms with van der Waals surface area (Å²) < 4.78 is 10.3. The molecule has 0 bridgehead atoms. The Balaban J connectivity index is 2.93. The SMILES string of the molecule is COc1ccc([CH]CBr)c(OC)c1. The molecule has 0 aromatic heterocycles. The average Bonchev–Trinajstić information content (AvgIpc) is 2.19. The zero-order valence-corrected chi connectivity index (χ0v) is 9.30. The lowest BCUT2D eigenvalue weighted by Crippen LogP contribution is -1.92. The van der Waals surface area contributed by atoms with Crippen molar-refractivity contribution in [2.75, 3.05) is 19.5 Å². The van der Waals surface area contributed by atoms with E-state index < -0.39 is 0 Å². The molecule has 0 aliphatic rings. The minimum absolute atomic E-state index is 0.809. The molecule has 0 atom stereocenters. The molecule has 0 heterocycles. The van der Waals surface area contributed by atoms with Gasteiger partial charge in [-0.3, -0.25) is 0 Å². The molecule has 0 saturated heterocycles. The Morgan fingerprint density at radius 2 is 2.08 bits per heavy atom. The Hall–Kier alpha value is -0.700. The number of benzene rings is 1. The van der Waals surface area contributed by atoms with Crippen LogP contribution in [-0.2, 0) is 0 Å². The Labute approximate surface area is 87.0 Å². The smallest absolute Gasteiger partial charge is 0.126 e. The second-order valence-electron chi connectivity index (χ2n) is 2.47. The number of rotatable bonds is 4. The first-order valence-electron chi connectivity index (χ1n) is 3.93. The summed E-state index contributed by atoms with van der Waals surface area (Å²) in [6.45, 7) is 0. The van der Waals surface area contributed by atoms with Gasteiger partial charge < -0.3 is 9.47 Å². The van der Waals surface area contributed by atoms with E-state index in [1.165, 1.54) is 0 Å². The van der Waals surface area contributed by atoms with Crippen LogP contribution in [-0.4, -0.2) is 19.5 Å². The predicted molar refractivity (Wildman–Crippen MR) is 56.7 cm³/mol. The molecule has 13 heavy (non-hydrogen) atoms. The molecule has 0 aliphatic heterocycles. The van der Waals surface area contributed by atoms with Crippen molar-refractivity contribution in [3.63, 3.8) is 0 Å². The molecule has 1 aromatic carbocycles. The maximum Gasteiger partial charge on any atom is 0.126 e. The van der Waals surface area contributed by atoms with Crippen LogP contribution < -0.4 is 9.47 Å². The van der Waals surface area contributed by atoms with E-state index in [2.05, 4.69) is 15.9 Å². The molecular formula is C10H12BrO2. The van der Waals surface area contributed by atoms with E-state index in [0.717, 1.165) is 22.4 Å². The van der Waals surface area contributed by atoms with E-state index in [9.17, 15) is 0 Å². The number of alkyl halides is 1. The van der Waals surface area contributed by atoms with Crippen molar-refractivity contribution in [2.45, 2.75) is 0 Å². The zero-order chi connectivity index (χ0) is 9.68. The monoisotopic (exact) mass is 243 g/mol. The molecule has 71 valence electrons. The third kappa shape index (κ3) is 2.62. The van der Waals surface area contributed by atoms with Crippen LogP contribution in [0.15, 0.2) is 18.2 Å². The molecule has 0 fully saturated rings. The summed E-state index contributed by atoms with van der Waals surface area (Å²) in [6, 6.07) is 5.75. The lowest BCUT2D eigenvalue weighted by atomic mass is 10.1. The highest BCUT2D eigenvalue weighted by molar-refractivity contribution is 9.09. The molecule has 0 saturated carbocycles. The van der Waals surface area contributed by atoms with Gasteiger partial charge in [-0.05, 0) is 11.6 Å². The molecule has 0 N–H and O–H groups in total. The third-order valence-corrected chi connectivity index (χ3v) is 2.06. The molecule has 1 radical (unpaired) electrons. The van der Waals surface area contributed by atoms with Gasteiger partial charge in [-0.25, -0.2) is 0 Å². The van der Waals surface area contributed by atoms with Crippen LogP contribution in [0.4, 0.5) is 0 Å². The molecule has 2 nitrogen and oxygen atoms in total. The molecule has 1 aromatic rings. The molecular weight excluding hydrogens is 232 g/mol. The van der Waals surface area contributed by atoms with Gasteiger partial charge in [0.05, 0.1) is 14.2 Å². The Morgan fingerprint density at radius 3 is 2.62 bits per heavy atom. The summed E-state index contributed by atoms with van der Waals surface area (Å²) in [7, 11) is 3.29. The Bertz CT molecular complexity index is 274. The van der Waals surface area contributed by atoms with E-state index in [1.54, 1.807) is 14.2 Å². The summed E-state index contributed by atoms with van der Waals surface area (Å²) in [5, 5.41) is 0.815. The molecule has 0 unspecified atom stereocenters. The minimum atomic E-state index is 0.809. The summed E-state index contributed by atoms with van der Waals surface area (Å²) in [5.41, 5.74) is 1.07. The highest BCUT2D eigenvalue weighted by Crippen LogP contribution is 2.25. The first-order valence-corrected chi connectivity index (χ1v) is 5.05. The van der Waals surface area contributed by atoms with Gasteiger partial charge in [-0.15, -0.1) is 0 Å². The highest BCUT2D eigenvalue weighted by Gasteiger charge is 2.03. The molecule has 0 amide bonds. The average molecular weight is 244 g/mol. The molecule has 0 aliphatic carbocycles. The van der Waals surface area contributed by atoms with Crippen molar-refractivity contribution in [3.8, 4) is 11.5 Å². The van der Waals surface area contributed by atoms with Crippen molar-refractivity contribution >= 4 is 15.9 Å². The fourth-order valence-electron chi connectivity index (χ4n) is 1.07. The van der Waals surface area contributed by atoms with Crippen molar-refractivity contribution < 1.29 is 9.47 Å². The largest absolute Gasteiger partial charge is 0.497 e. The summed E-state index contributed by atoms with van der Waals surface area (Å²) in [4.78, 5) is 0. The zero-order valence-electron chi connectivity index (χ0n) is 7.71. The summed E-state index contributed by atoms with van der Waals surface area (Å²) in [5.74, 6) is 1.64. The molecule has 1 rings (SSSR count). The van der Waals surface area contributed by atoms with Crippen LogP contribution in [0, 0.1) is 6.42 Å². The van der Waals surface area contributed by atoms with Crippen LogP contribution in [0.3, 0.4) is 0 Å². The van der Waals surface area contributed by atoms with Gasteiger partial charge in [0.25, 0.3) is 0 Å². The van der Waals surface area contributed by atoms with Gasteiger partial charge in [-0.2, -0.15) is 0 Å². The Kier molecular flexibility index (Phi) is 4.09. The van der Waals surface area contributed by atoms with E-state index >= 15 is 0 Å². The first-order chi connectivity index (χ1) is 6.31. The van der Waals surface area contributed by atoms with Crippen molar-refractivity contribution in [1.82, 2.24) is 0 Å². The third-order valence-electron chi connectivity index (χ3n) is 1.74. The fourth-order valence-corrected chi connectivity index (χ4v) is 1.42. The quantitative estimate of drug-likeness (QED) is 0.758. The van der Waals surface area contributed by atoms with Crippen LogP contribution >= 0.6 is 15.9 Å². The van der Waals surface area contributed by atoms with Gasteiger partial charge in [0.2, 0.25) is 0 Å². The maximum absolute atomic E-state index is 5.21. The van der Waals surface area contributed by atoms with Crippen LogP contribution in [0.5, 0.6) is 11.5 Å². The van der Waals surface area contributed by atoms with Crippen LogP contribution in [0.2, 0.25) is 0 Å². The number of hydrogen-bond acceptors (Lipinski definition) is 2. The van der Waals surface area contributed by atoms with Gasteiger partial charge in [-0.1, -0.05) is 22.0 Å². The van der Waals surface area contributed by atoms with Gasteiger partial charge in [0, 0.05) is 17.8 Å². The highest BCUT2D eigenvalue weighted by atomic mass is 79.9. The number of hydrogen-bond donors (Lipinski definition) is 0. The number of ether oxygens (including phenoxy) is 2. The second kappa shape index (κ2) is 5.12. The van der Waals surface area contributed by atoms with Crippen LogP contribution in [0.1, 0.15) is 5.56 Å². The van der Waals surface area contributed by atoms with Crippen LogP contribution in [0.25, 0.3) is 0 Å². The summed E-state index contributed by atoms with van der Waals surface area (Å²) in [6.07, 6.45) is 2.04. The maximum atomic E-state index is 5.21. The van der Waals surface area contributed by atoms with Crippen molar-refractivity contribution in [3.05, 3.63) is 30.2 Å². The lowest BCUT2D eigenvalue weighted by Gasteiger charge is -2.08. The topological polar surface area (TPSA) is 18.5 Å². The van der Waals surface area contributed by atoms with Gasteiger partial charge >= 0.3 is 0 Å². The number of halogens is 1. The second-order valence-corrected chi connectivity index (χ2v) is 3.11. The van der Waals surface area contributed by atoms with Gasteiger partial charge in [0.1, 0.15) is 11.5 Å². The normalized spacial score (nSPS) is 9.77. The van der Waals surface area contributed by atoms with Crippen molar-refractivity contribution in [2.24, 2.45) is 0 Å². The van der Waals surface area contributed by atoms with E-state index in [4.69, 9.17) is 9.47 Å². The number of methoxy groups -OCH3 is 2. The van der Waals surface area contributed by atoms with E-state index in [0.29, 0.717) is 0 Å². The molecule has 0 spiro atoms. The van der Waals surface area contributed by atoms with Gasteiger partial charge in [0.15, 0.2) is 0 Å². The summed E-state index contributed by atoms with van der Waals surface area (Å²) >= 11 is 3.34. The minimum Gasteiger partial charge on any atom is -0.497 e. The van der Waals surface area contributed by atoms with Crippen molar-refractivity contribution in [1.29, 1.82) is 0 Å². The lowest BCUT2D eigenvalue weighted by molar-refractivity contribution is 0.393. The Morgan fingerprint density at radius 1 is 1.31 bits per heavy atom. The predicted octanol–water partition coefficient (Wildman–Crippen LogP) is 2.65. The fraction of sp³-hybridized carbons (Fsp3) is 0.300. The van der Waals surface area contributed by atoms with E-state index in [1.807, 2.05) is 24.6 Å².